The highest BCUT2D eigenvalue weighted by atomic mass is 79.9. The first-order chi connectivity index (χ1) is 16.8. The van der Waals surface area contributed by atoms with Crippen LogP contribution in [0.15, 0.2) is 45.9 Å². The van der Waals surface area contributed by atoms with Crippen LogP contribution in [-0.4, -0.2) is 68.6 Å². The zero-order valence-electron chi connectivity index (χ0n) is 19.9. The number of nitrogens with zero attached hydrogens (tertiary/aromatic N) is 4. The highest BCUT2D eigenvalue weighted by Gasteiger charge is 2.46. The highest BCUT2D eigenvalue weighted by molar-refractivity contribution is 9.10. The van der Waals surface area contributed by atoms with Crippen LogP contribution in [0.25, 0.3) is 0 Å². The number of carbonyl (C=O) groups excluding carboxylic acids is 1. The molecule has 0 bridgehead atoms. The van der Waals surface area contributed by atoms with Crippen LogP contribution in [0.4, 0.5) is 24.7 Å². The molecule has 1 aromatic carbocycles. The molecular weight excluding hydrogens is 565 g/mol. The maximum atomic E-state index is 13.7. The fraction of sp³-hybridized carbons (Fsp3) is 0.478. The maximum absolute atomic E-state index is 13.7. The first kappa shape index (κ1) is 26.7. The van der Waals surface area contributed by atoms with Crippen molar-refractivity contribution in [2.24, 2.45) is 0 Å². The van der Waals surface area contributed by atoms with Crippen molar-refractivity contribution in [1.29, 1.82) is 0 Å². The van der Waals surface area contributed by atoms with E-state index in [1.807, 2.05) is 9.80 Å². The van der Waals surface area contributed by atoms with Crippen molar-refractivity contribution >= 4 is 43.4 Å². The SMILES string of the molecule is CCOC(=O)C(C)(C)N1CCN2c3ncc(Br)cc3N(S(=O)(=O)c3cccc(C(F)(F)F)c3)C[C@@H]2C1. The fourth-order valence-electron chi connectivity index (χ4n) is 4.54. The second kappa shape index (κ2) is 9.49. The summed E-state index contributed by atoms with van der Waals surface area (Å²) in [6.45, 7) is 6.77. The summed E-state index contributed by atoms with van der Waals surface area (Å²) in [5.41, 5.74) is -1.72. The molecule has 36 heavy (non-hydrogen) atoms. The molecule has 0 radical (unpaired) electrons. The van der Waals surface area contributed by atoms with Gasteiger partial charge >= 0.3 is 12.1 Å². The normalized spacial score (nSPS) is 19.0. The van der Waals surface area contributed by atoms with Gasteiger partial charge in [0.15, 0.2) is 5.82 Å². The highest BCUT2D eigenvalue weighted by Crippen LogP contribution is 2.41. The lowest BCUT2D eigenvalue weighted by Crippen LogP contribution is -2.65. The number of piperazine rings is 1. The van der Waals surface area contributed by atoms with E-state index in [1.54, 1.807) is 33.0 Å². The minimum Gasteiger partial charge on any atom is -0.465 e. The summed E-state index contributed by atoms with van der Waals surface area (Å²) in [4.78, 5) is 20.5. The van der Waals surface area contributed by atoms with Gasteiger partial charge in [-0.15, -0.1) is 0 Å². The molecule has 8 nitrogen and oxygen atoms in total. The number of halogens is 4. The molecule has 4 rings (SSSR count). The Bertz CT molecular complexity index is 1270. The summed E-state index contributed by atoms with van der Waals surface area (Å²) < 4.78 is 74.2. The summed E-state index contributed by atoms with van der Waals surface area (Å²) in [7, 11) is -4.37. The minimum absolute atomic E-state index is 0.0287. The van der Waals surface area contributed by atoms with E-state index in [9.17, 15) is 26.4 Å². The predicted octanol–water partition coefficient (Wildman–Crippen LogP) is 3.90. The van der Waals surface area contributed by atoms with E-state index in [2.05, 4.69) is 20.9 Å². The minimum atomic E-state index is -4.69. The lowest BCUT2D eigenvalue weighted by Gasteiger charge is -2.51. The van der Waals surface area contributed by atoms with Crippen molar-refractivity contribution in [2.45, 2.75) is 43.4 Å². The van der Waals surface area contributed by atoms with Crippen LogP contribution < -0.4 is 9.21 Å². The van der Waals surface area contributed by atoms with Crippen molar-refractivity contribution < 1.29 is 31.1 Å². The van der Waals surface area contributed by atoms with E-state index in [0.29, 0.717) is 36.0 Å². The topological polar surface area (TPSA) is 83.1 Å². The van der Waals surface area contributed by atoms with Gasteiger partial charge < -0.3 is 9.64 Å². The molecule has 1 atom stereocenters. The third kappa shape index (κ3) is 4.80. The number of anilines is 2. The molecule has 1 aromatic heterocycles. The van der Waals surface area contributed by atoms with Crippen molar-refractivity contribution in [1.82, 2.24) is 9.88 Å². The number of alkyl halides is 3. The number of carbonyl (C=O) groups is 1. The van der Waals surface area contributed by atoms with Crippen molar-refractivity contribution in [3.8, 4) is 0 Å². The molecule has 3 heterocycles. The lowest BCUT2D eigenvalue weighted by molar-refractivity contribution is -0.156. The second-order valence-electron chi connectivity index (χ2n) is 9.13. The van der Waals surface area contributed by atoms with Crippen LogP contribution >= 0.6 is 15.9 Å². The van der Waals surface area contributed by atoms with E-state index < -0.39 is 38.2 Å². The molecular formula is C23H26BrF3N4O4S. The third-order valence-corrected chi connectivity index (χ3v) is 8.74. The van der Waals surface area contributed by atoms with Gasteiger partial charge in [-0.2, -0.15) is 13.2 Å². The van der Waals surface area contributed by atoms with Gasteiger partial charge in [-0.3, -0.25) is 14.0 Å². The molecule has 1 fully saturated rings. The number of pyridine rings is 1. The number of sulfonamides is 1. The molecule has 0 N–H and O–H groups in total. The van der Waals surface area contributed by atoms with Gasteiger partial charge in [0.2, 0.25) is 0 Å². The molecule has 2 aromatic rings. The standard InChI is InChI=1S/C23H26BrF3N4O4S/c1-4-35-21(32)22(2,3)29-8-9-30-17(13-29)14-31(19-11-16(24)12-28-20(19)30)36(33,34)18-7-5-6-15(10-18)23(25,26)27/h5-7,10-12,17H,4,8-9,13-14H2,1-3H3/t17-/m0/s1. The van der Waals surface area contributed by atoms with Gasteiger partial charge in [-0.05, 0) is 61.0 Å². The number of benzene rings is 1. The molecule has 13 heteroatoms. The Balaban J connectivity index is 1.74. The third-order valence-electron chi connectivity index (χ3n) is 6.53. The largest absolute Gasteiger partial charge is 0.465 e. The van der Waals surface area contributed by atoms with E-state index >= 15 is 0 Å². The van der Waals surface area contributed by atoms with Crippen LogP contribution in [0.2, 0.25) is 0 Å². The average Bonchev–Trinajstić information content (AvgIpc) is 2.82. The van der Waals surface area contributed by atoms with Gasteiger partial charge in [0.05, 0.1) is 35.3 Å². The number of hydrogen-bond donors (Lipinski definition) is 0. The van der Waals surface area contributed by atoms with Gasteiger partial charge in [0, 0.05) is 30.3 Å². The van der Waals surface area contributed by atoms with Crippen LogP contribution in [0.1, 0.15) is 26.3 Å². The first-order valence-corrected chi connectivity index (χ1v) is 13.5. The number of hydrogen-bond acceptors (Lipinski definition) is 7. The smallest absolute Gasteiger partial charge is 0.416 e. The Morgan fingerprint density at radius 1 is 1.19 bits per heavy atom. The number of esters is 1. The molecule has 0 unspecified atom stereocenters. The Labute approximate surface area is 216 Å². The Kier molecular flexibility index (Phi) is 7.03. The summed E-state index contributed by atoms with van der Waals surface area (Å²) in [5, 5.41) is 0. The van der Waals surface area contributed by atoms with Crippen molar-refractivity contribution in [3.05, 3.63) is 46.6 Å². The van der Waals surface area contributed by atoms with Crippen LogP contribution in [0.5, 0.6) is 0 Å². The van der Waals surface area contributed by atoms with E-state index in [4.69, 9.17) is 4.74 Å². The van der Waals surface area contributed by atoms with Crippen molar-refractivity contribution in [3.63, 3.8) is 0 Å². The van der Waals surface area contributed by atoms with Gasteiger partial charge in [-0.25, -0.2) is 13.4 Å². The molecule has 0 spiro atoms. The Morgan fingerprint density at radius 2 is 1.92 bits per heavy atom. The van der Waals surface area contributed by atoms with Crippen LogP contribution in [0, 0.1) is 0 Å². The summed E-state index contributed by atoms with van der Waals surface area (Å²) in [6, 6.07) is 4.91. The molecule has 196 valence electrons. The number of aromatic nitrogens is 1. The van der Waals surface area contributed by atoms with Gasteiger partial charge in [-0.1, -0.05) is 6.07 Å². The van der Waals surface area contributed by atoms with Gasteiger partial charge in [0.1, 0.15) is 5.54 Å². The monoisotopic (exact) mass is 590 g/mol. The number of fused-ring (bicyclic) bond motifs is 3. The second-order valence-corrected chi connectivity index (χ2v) is 11.9. The zero-order valence-corrected chi connectivity index (χ0v) is 22.3. The summed E-state index contributed by atoms with van der Waals surface area (Å²) in [6.07, 6.45) is -3.14. The molecule has 0 amide bonds. The van der Waals surface area contributed by atoms with Crippen LogP contribution in [-0.2, 0) is 25.7 Å². The fourth-order valence-corrected chi connectivity index (χ4v) is 6.40. The lowest BCUT2D eigenvalue weighted by atomic mass is 9.98. The molecule has 2 aliphatic rings. The summed E-state index contributed by atoms with van der Waals surface area (Å²) in [5.74, 6) is 0.0313. The number of rotatable bonds is 5. The molecule has 0 saturated carbocycles. The van der Waals surface area contributed by atoms with E-state index in [0.717, 1.165) is 22.5 Å². The van der Waals surface area contributed by atoms with Crippen molar-refractivity contribution in [2.75, 3.05) is 42.0 Å². The molecule has 1 saturated heterocycles. The maximum Gasteiger partial charge on any atom is 0.416 e. The molecule has 0 aliphatic carbocycles. The Morgan fingerprint density at radius 3 is 2.58 bits per heavy atom. The summed E-state index contributed by atoms with van der Waals surface area (Å²) >= 11 is 3.32. The average molecular weight is 591 g/mol. The zero-order chi connectivity index (χ0) is 26.5. The number of ether oxygens (including phenoxy) is 1. The van der Waals surface area contributed by atoms with Gasteiger partial charge in [0.25, 0.3) is 10.0 Å². The first-order valence-electron chi connectivity index (χ1n) is 11.3. The van der Waals surface area contributed by atoms with E-state index in [-0.39, 0.29) is 24.8 Å². The van der Waals surface area contributed by atoms with Crippen LogP contribution in [0.3, 0.4) is 0 Å². The molecule has 2 aliphatic heterocycles. The van der Waals surface area contributed by atoms with E-state index in [1.165, 1.54) is 0 Å². The Hall–Kier alpha value is -2.38. The quantitative estimate of drug-likeness (QED) is 0.488. The predicted molar refractivity (Wildman–Crippen MR) is 131 cm³/mol.